The molecule has 0 atom stereocenters. The third-order valence-electron chi connectivity index (χ3n) is 3.42. The number of benzene rings is 2. The number of ether oxygens (including phenoxy) is 2. The fourth-order valence-electron chi connectivity index (χ4n) is 2.37. The molecule has 3 aromatic rings. The monoisotopic (exact) mass is 296 g/mol. The average molecular weight is 296 g/mol. The van der Waals surface area contributed by atoms with E-state index in [0.29, 0.717) is 22.8 Å². The number of hydrogen-bond donors (Lipinski definition) is 1. The zero-order chi connectivity index (χ0) is 14.9. The summed E-state index contributed by atoms with van der Waals surface area (Å²) in [6.45, 7) is 0.212. The van der Waals surface area contributed by atoms with Gasteiger partial charge in [0.15, 0.2) is 23.5 Å². The zero-order valence-electron chi connectivity index (χ0n) is 11.5. The number of carbonyl (C=O) groups is 1. The molecular weight excluding hydrogens is 284 g/mol. The summed E-state index contributed by atoms with van der Waals surface area (Å²) in [4.78, 5) is 16.2. The molecule has 22 heavy (non-hydrogen) atoms. The van der Waals surface area contributed by atoms with Crippen molar-refractivity contribution in [3.63, 3.8) is 0 Å². The second-order valence-electron chi connectivity index (χ2n) is 4.95. The molecule has 1 aliphatic rings. The number of amides is 1. The van der Waals surface area contributed by atoms with Gasteiger partial charge in [-0.1, -0.05) is 6.07 Å². The lowest BCUT2D eigenvalue weighted by molar-refractivity contribution is -0.115. The van der Waals surface area contributed by atoms with Crippen LogP contribution in [-0.2, 0) is 11.2 Å². The van der Waals surface area contributed by atoms with Crippen LogP contribution in [0, 0.1) is 0 Å². The maximum absolute atomic E-state index is 12.1. The number of anilines is 1. The van der Waals surface area contributed by atoms with E-state index in [9.17, 15) is 4.79 Å². The minimum absolute atomic E-state index is 0.113. The first kappa shape index (κ1) is 12.7. The summed E-state index contributed by atoms with van der Waals surface area (Å²) in [7, 11) is 0. The molecule has 4 rings (SSSR count). The van der Waals surface area contributed by atoms with E-state index in [1.54, 1.807) is 18.2 Å². The lowest BCUT2D eigenvalue weighted by Gasteiger charge is -2.06. The Morgan fingerprint density at radius 1 is 1.14 bits per heavy atom. The summed E-state index contributed by atoms with van der Waals surface area (Å²) in [5.41, 5.74) is 2.99. The molecule has 6 heteroatoms. The molecular formula is C16H12N2O4. The van der Waals surface area contributed by atoms with Crippen molar-refractivity contribution >= 4 is 22.7 Å². The molecule has 0 spiro atoms. The molecule has 0 saturated carbocycles. The van der Waals surface area contributed by atoms with Crippen molar-refractivity contribution < 1.29 is 18.7 Å². The Morgan fingerprint density at radius 3 is 3.00 bits per heavy atom. The topological polar surface area (TPSA) is 73.6 Å². The fourth-order valence-corrected chi connectivity index (χ4v) is 2.37. The predicted molar refractivity (Wildman–Crippen MR) is 78.9 cm³/mol. The Bertz CT molecular complexity index is 856. The molecule has 1 amide bonds. The molecule has 0 radical (unpaired) electrons. The van der Waals surface area contributed by atoms with Crippen molar-refractivity contribution in [2.24, 2.45) is 0 Å². The van der Waals surface area contributed by atoms with Crippen molar-refractivity contribution in [1.29, 1.82) is 0 Å². The second-order valence-corrected chi connectivity index (χ2v) is 4.95. The van der Waals surface area contributed by atoms with E-state index in [1.807, 2.05) is 18.2 Å². The predicted octanol–water partition coefficient (Wildman–Crippen LogP) is 2.74. The van der Waals surface area contributed by atoms with Gasteiger partial charge in [0.25, 0.3) is 0 Å². The van der Waals surface area contributed by atoms with E-state index in [0.717, 1.165) is 11.1 Å². The number of rotatable bonds is 3. The lowest BCUT2D eigenvalue weighted by Crippen LogP contribution is -2.14. The molecule has 0 unspecified atom stereocenters. The number of fused-ring (bicyclic) bond motifs is 2. The maximum Gasteiger partial charge on any atom is 0.231 e. The van der Waals surface area contributed by atoms with Gasteiger partial charge in [0.2, 0.25) is 12.7 Å². The Kier molecular flexibility index (Phi) is 2.93. The van der Waals surface area contributed by atoms with E-state index in [4.69, 9.17) is 13.9 Å². The molecule has 0 fully saturated rings. The summed E-state index contributed by atoms with van der Waals surface area (Å²) in [5, 5.41) is 2.84. The maximum atomic E-state index is 12.1. The van der Waals surface area contributed by atoms with Crippen LogP contribution in [0.2, 0.25) is 0 Å². The van der Waals surface area contributed by atoms with Gasteiger partial charge in [-0.15, -0.1) is 0 Å². The summed E-state index contributed by atoms with van der Waals surface area (Å²) in [6, 6.07) is 10.8. The highest BCUT2D eigenvalue weighted by molar-refractivity contribution is 5.93. The number of carbonyl (C=O) groups excluding carboxylic acids is 1. The Balaban J connectivity index is 1.47. The summed E-state index contributed by atoms with van der Waals surface area (Å²) in [6.07, 6.45) is 1.65. The summed E-state index contributed by atoms with van der Waals surface area (Å²) in [5.74, 6) is 1.22. The molecule has 110 valence electrons. The standard InChI is InChI=1S/C16H12N2O4/c19-16(6-10-1-3-12-14(5-10)20-8-17-12)18-11-2-4-13-15(7-11)22-9-21-13/h1-5,7-8H,6,9H2,(H,18,19). The molecule has 1 N–H and O–H groups in total. The van der Waals surface area contributed by atoms with Gasteiger partial charge in [-0.3, -0.25) is 4.79 Å². The average Bonchev–Trinajstić information content (AvgIpc) is 3.14. The Hall–Kier alpha value is -3.02. The largest absolute Gasteiger partial charge is 0.454 e. The van der Waals surface area contributed by atoms with Gasteiger partial charge in [0, 0.05) is 11.8 Å². The van der Waals surface area contributed by atoms with Crippen LogP contribution in [-0.4, -0.2) is 17.7 Å². The van der Waals surface area contributed by atoms with Crippen LogP contribution in [0.15, 0.2) is 47.2 Å². The van der Waals surface area contributed by atoms with Crippen molar-refractivity contribution in [2.45, 2.75) is 6.42 Å². The van der Waals surface area contributed by atoms with Crippen molar-refractivity contribution in [1.82, 2.24) is 4.98 Å². The highest BCUT2D eigenvalue weighted by Gasteiger charge is 2.14. The summed E-state index contributed by atoms with van der Waals surface area (Å²) < 4.78 is 15.8. The normalized spacial score (nSPS) is 12.5. The third kappa shape index (κ3) is 2.35. The van der Waals surface area contributed by atoms with E-state index >= 15 is 0 Å². The van der Waals surface area contributed by atoms with Gasteiger partial charge in [0.1, 0.15) is 5.52 Å². The highest BCUT2D eigenvalue weighted by atomic mass is 16.7. The van der Waals surface area contributed by atoms with Crippen LogP contribution in [0.1, 0.15) is 5.56 Å². The van der Waals surface area contributed by atoms with Gasteiger partial charge in [-0.05, 0) is 29.8 Å². The Labute approximate surface area is 125 Å². The van der Waals surface area contributed by atoms with E-state index in [-0.39, 0.29) is 19.1 Å². The molecule has 0 saturated heterocycles. The molecule has 0 bridgehead atoms. The number of nitrogens with one attached hydrogen (secondary N) is 1. The number of nitrogens with zero attached hydrogens (tertiary/aromatic N) is 1. The molecule has 1 aliphatic heterocycles. The van der Waals surface area contributed by atoms with Crippen LogP contribution in [0.5, 0.6) is 11.5 Å². The van der Waals surface area contributed by atoms with Crippen LogP contribution >= 0.6 is 0 Å². The smallest absolute Gasteiger partial charge is 0.231 e. The molecule has 2 aromatic carbocycles. The zero-order valence-corrected chi connectivity index (χ0v) is 11.5. The van der Waals surface area contributed by atoms with Gasteiger partial charge in [-0.2, -0.15) is 0 Å². The Morgan fingerprint density at radius 2 is 2.05 bits per heavy atom. The third-order valence-corrected chi connectivity index (χ3v) is 3.42. The van der Waals surface area contributed by atoms with Gasteiger partial charge in [-0.25, -0.2) is 4.98 Å². The molecule has 6 nitrogen and oxygen atoms in total. The van der Waals surface area contributed by atoms with Crippen molar-refractivity contribution in [3.8, 4) is 11.5 Å². The first-order chi connectivity index (χ1) is 10.8. The van der Waals surface area contributed by atoms with Crippen molar-refractivity contribution in [3.05, 3.63) is 48.4 Å². The highest BCUT2D eigenvalue weighted by Crippen LogP contribution is 2.34. The van der Waals surface area contributed by atoms with Gasteiger partial charge < -0.3 is 19.2 Å². The van der Waals surface area contributed by atoms with Gasteiger partial charge in [0.05, 0.1) is 6.42 Å². The number of hydrogen-bond acceptors (Lipinski definition) is 5. The van der Waals surface area contributed by atoms with Crippen LogP contribution in [0.25, 0.3) is 11.1 Å². The molecule has 2 heterocycles. The second kappa shape index (κ2) is 5.07. The van der Waals surface area contributed by atoms with Crippen LogP contribution in [0.3, 0.4) is 0 Å². The van der Waals surface area contributed by atoms with Gasteiger partial charge >= 0.3 is 0 Å². The number of aromatic nitrogens is 1. The minimum Gasteiger partial charge on any atom is -0.454 e. The lowest BCUT2D eigenvalue weighted by atomic mass is 10.1. The van der Waals surface area contributed by atoms with Crippen LogP contribution < -0.4 is 14.8 Å². The fraction of sp³-hybridized carbons (Fsp3) is 0.125. The summed E-state index contributed by atoms with van der Waals surface area (Å²) >= 11 is 0. The molecule has 0 aliphatic carbocycles. The van der Waals surface area contributed by atoms with Crippen LogP contribution in [0.4, 0.5) is 5.69 Å². The first-order valence-electron chi connectivity index (χ1n) is 6.79. The minimum atomic E-state index is -0.113. The van der Waals surface area contributed by atoms with Crippen molar-refractivity contribution in [2.75, 3.05) is 12.1 Å². The number of oxazole rings is 1. The van der Waals surface area contributed by atoms with E-state index in [1.165, 1.54) is 6.39 Å². The first-order valence-corrected chi connectivity index (χ1v) is 6.79. The van der Waals surface area contributed by atoms with E-state index in [2.05, 4.69) is 10.3 Å². The SMILES string of the molecule is O=C(Cc1ccc2ncoc2c1)Nc1ccc2c(c1)OCO2. The quantitative estimate of drug-likeness (QED) is 0.804. The van der Waals surface area contributed by atoms with E-state index < -0.39 is 0 Å². The molecule has 1 aromatic heterocycles.